The van der Waals surface area contributed by atoms with E-state index < -0.39 is 11.2 Å². The third-order valence-electron chi connectivity index (χ3n) is 5.01. The Morgan fingerprint density at radius 2 is 1.09 bits per heavy atom. The first-order chi connectivity index (χ1) is 10.4. The maximum absolute atomic E-state index is 11.2. The second-order valence-corrected chi connectivity index (χ2v) is 7.92. The fraction of sp³-hybridized carbons (Fsp3) is 0.333. The molecule has 0 heterocycles. The molecular formula is C18H18Br2O2. The van der Waals surface area contributed by atoms with Gasteiger partial charge in [0.1, 0.15) is 0 Å². The van der Waals surface area contributed by atoms with Gasteiger partial charge in [0.2, 0.25) is 0 Å². The standard InChI is InChI=1S/C18H18Br2O2/c1-12-17(21,13-2-6-15(19)7-3-13)10-11-18(12,22)14-4-8-16(20)9-5-14/h2-9,12,21-22H,10-11H2,1H3/t12?,17-,18+. The number of hydrogen-bond donors (Lipinski definition) is 2. The Hall–Kier alpha value is -0.680. The lowest BCUT2D eigenvalue weighted by Crippen LogP contribution is -2.38. The summed E-state index contributed by atoms with van der Waals surface area (Å²) in [6, 6.07) is 15.4. The van der Waals surface area contributed by atoms with Gasteiger partial charge < -0.3 is 10.2 Å². The molecule has 0 radical (unpaired) electrons. The molecule has 2 nitrogen and oxygen atoms in total. The van der Waals surface area contributed by atoms with Crippen LogP contribution in [0.15, 0.2) is 57.5 Å². The highest BCUT2D eigenvalue weighted by atomic mass is 79.9. The normalized spacial score (nSPS) is 31.4. The van der Waals surface area contributed by atoms with E-state index in [0.29, 0.717) is 12.8 Å². The van der Waals surface area contributed by atoms with E-state index in [9.17, 15) is 10.2 Å². The Balaban J connectivity index is 1.98. The molecule has 1 aliphatic carbocycles. The van der Waals surface area contributed by atoms with E-state index in [1.54, 1.807) is 0 Å². The second-order valence-electron chi connectivity index (χ2n) is 6.08. The van der Waals surface area contributed by atoms with Crippen LogP contribution < -0.4 is 0 Å². The van der Waals surface area contributed by atoms with Crippen LogP contribution in [0.4, 0.5) is 0 Å². The Kier molecular flexibility index (Phi) is 4.23. The van der Waals surface area contributed by atoms with Crippen LogP contribution in [-0.4, -0.2) is 10.2 Å². The number of aliphatic hydroxyl groups is 2. The average Bonchev–Trinajstić information content (AvgIpc) is 2.75. The van der Waals surface area contributed by atoms with Gasteiger partial charge in [-0.2, -0.15) is 0 Å². The predicted octanol–water partition coefficient (Wildman–Crippen LogP) is 4.72. The molecule has 1 aliphatic rings. The molecular weight excluding hydrogens is 408 g/mol. The summed E-state index contributed by atoms with van der Waals surface area (Å²) in [4.78, 5) is 0. The highest BCUT2D eigenvalue weighted by molar-refractivity contribution is 9.10. The van der Waals surface area contributed by atoms with Gasteiger partial charge in [0.05, 0.1) is 11.2 Å². The van der Waals surface area contributed by atoms with Crippen LogP contribution in [0.1, 0.15) is 30.9 Å². The lowest BCUT2D eigenvalue weighted by Gasteiger charge is -2.35. The van der Waals surface area contributed by atoms with Crippen molar-refractivity contribution in [3.8, 4) is 0 Å². The molecule has 0 aromatic heterocycles. The number of benzene rings is 2. The molecule has 4 heteroatoms. The zero-order chi connectivity index (χ0) is 16.0. The Morgan fingerprint density at radius 1 is 0.773 bits per heavy atom. The lowest BCUT2D eigenvalue weighted by molar-refractivity contribution is -0.0736. The van der Waals surface area contributed by atoms with Crippen LogP contribution in [0.2, 0.25) is 0 Å². The van der Waals surface area contributed by atoms with Gasteiger partial charge in [-0.05, 0) is 48.2 Å². The molecule has 2 aromatic carbocycles. The van der Waals surface area contributed by atoms with Crippen molar-refractivity contribution in [2.45, 2.75) is 31.0 Å². The summed E-state index contributed by atoms with van der Waals surface area (Å²) in [7, 11) is 0. The topological polar surface area (TPSA) is 40.5 Å². The molecule has 1 fully saturated rings. The first-order valence-corrected chi connectivity index (χ1v) is 8.92. The monoisotopic (exact) mass is 424 g/mol. The van der Waals surface area contributed by atoms with E-state index in [-0.39, 0.29) is 5.92 Å². The highest BCUT2D eigenvalue weighted by Gasteiger charge is 2.54. The summed E-state index contributed by atoms with van der Waals surface area (Å²) in [5, 5.41) is 22.4. The zero-order valence-corrected chi connectivity index (χ0v) is 15.4. The smallest absolute Gasteiger partial charge is 0.0953 e. The first kappa shape index (κ1) is 16.2. The van der Waals surface area contributed by atoms with Gasteiger partial charge in [0, 0.05) is 14.9 Å². The van der Waals surface area contributed by atoms with Crippen molar-refractivity contribution in [2.75, 3.05) is 0 Å². The Bertz CT molecular complexity index is 609. The SMILES string of the molecule is CC1[C@](O)(c2ccc(Br)cc2)CC[C@]1(O)c1ccc(Br)cc1. The van der Waals surface area contributed by atoms with Gasteiger partial charge in [-0.15, -0.1) is 0 Å². The van der Waals surface area contributed by atoms with Crippen molar-refractivity contribution < 1.29 is 10.2 Å². The molecule has 2 N–H and O–H groups in total. The van der Waals surface area contributed by atoms with Gasteiger partial charge in [0.15, 0.2) is 0 Å². The molecule has 3 rings (SSSR count). The minimum atomic E-state index is -1.01. The summed E-state index contributed by atoms with van der Waals surface area (Å²) in [5.41, 5.74) is -0.308. The summed E-state index contributed by atoms with van der Waals surface area (Å²) in [5.74, 6) is -0.289. The van der Waals surface area contributed by atoms with Gasteiger partial charge >= 0.3 is 0 Å². The average molecular weight is 426 g/mol. The van der Waals surface area contributed by atoms with E-state index in [0.717, 1.165) is 20.1 Å². The van der Waals surface area contributed by atoms with Crippen molar-refractivity contribution in [1.29, 1.82) is 0 Å². The molecule has 3 atom stereocenters. The van der Waals surface area contributed by atoms with Gasteiger partial charge in [-0.25, -0.2) is 0 Å². The summed E-state index contributed by atoms with van der Waals surface area (Å²) >= 11 is 6.83. The third kappa shape index (κ3) is 2.56. The second kappa shape index (κ2) is 5.75. The van der Waals surface area contributed by atoms with Crippen molar-refractivity contribution in [3.63, 3.8) is 0 Å². The molecule has 2 aromatic rings. The Labute approximate surface area is 147 Å². The van der Waals surface area contributed by atoms with Crippen molar-refractivity contribution in [1.82, 2.24) is 0 Å². The molecule has 0 aliphatic heterocycles. The summed E-state index contributed by atoms with van der Waals surface area (Å²) in [6.07, 6.45) is 1.09. The van der Waals surface area contributed by atoms with Crippen molar-refractivity contribution >= 4 is 31.9 Å². The van der Waals surface area contributed by atoms with Gasteiger partial charge in [-0.3, -0.25) is 0 Å². The van der Waals surface area contributed by atoms with Gasteiger partial charge in [-0.1, -0.05) is 63.0 Å². The molecule has 116 valence electrons. The van der Waals surface area contributed by atoms with E-state index in [4.69, 9.17) is 0 Å². The minimum Gasteiger partial charge on any atom is -0.385 e. The van der Waals surface area contributed by atoms with Crippen LogP contribution in [0.3, 0.4) is 0 Å². The summed E-state index contributed by atoms with van der Waals surface area (Å²) < 4.78 is 1.96. The molecule has 1 unspecified atom stereocenters. The minimum absolute atomic E-state index is 0.289. The quantitative estimate of drug-likeness (QED) is 0.730. The van der Waals surface area contributed by atoms with E-state index in [1.165, 1.54) is 0 Å². The van der Waals surface area contributed by atoms with E-state index in [2.05, 4.69) is 31.9 Å². The molecule has 0 spiro atoms. The van der Waals surface area contributed by atoms with Crippen LogP contribution in [-0.2, 0) is 11.2 Å². The predicted molar refractivity (Wildman–Crippen MR) is 94.5 cm³/mol. The Morgan fingerprint density at radius 3 is 1.41 bits per heavy atom. The van der Waals surface area contributed by atoms with Gasteiger partial charge in [0.25, 0.3) is 0 Å². The number of halogens is 2. The van der Waals surface area contributed by atoms with Crippen LogP contribution in [0.5, 0.6) is 0 Å². The molecule has 22 heavy (non-hydrogen) atoms. The number of rotatable bonds is 2. The third-order valence-corrected chi connectivity index (χ3v) is 6.07. The largest absolute Gasteiger partial charge is 0.385 e. The van der Waals surface area contributed by atoms with E-state index in [1.807, 2.05) is 55.5 Å². The van der Waals surface area contributed by atoms with Crippen molar-refractivity contribution in [3.05, 3.63) is 68.6 Å². The van der Waals surface area contributed by atoms with Crippen molar-refractivity contribution in [2.24, 2.45) is 5.92 Å². The fourth-order valence-electron chi connectivity index (χ4n) is 3.47. The van der Waals surface area contributed by atoms with E-state index >= 15 is 0 Å². The molecule has 0 bridgehead atoms. The highest BCUT2D eigenvalue weighted by Crippen LogP contribution is 2.53. The maximum atomic E-state index is 11.2. The first-order valence-electron chi connectivity index (χ1n) is 7.33. The van der Waals surface area contributed by atoms with Crippen LogP contribution >= 0.6 is 31.9 Å². The van der Waals surface area contributed by atoms with Crippen LogP contribution in [0, 0.1) is 5.92 Å². The maximum Gasteiger partial charge on any atom is 0.0953 e. The zero-order valence-electron chi connectivity index (χ0n) is 12.3. The molecule has 0 saturated heterocycles. The lowest BCUT2D eigenvalue weighted by atomic mass is 9.77. The molecule has 1 saturated carbocycles. The molecule has 0 amide bonds. The number of hydrogen-bond acceptors (Lipinski definition) is 2. The van der Waals surface area contributed by atoms with Crippen LogP contribution in [0.25, 0.3) is 0 Å². The summed E-state index contributed by atoms with van der Waals surface area (Å²) in [6.45, 7) is 1.93. The fourth-order valence-corrected chi connectivity index (χ4v) is 4.00.